The molecule has 1 saturated heterocycles. The molecule has 0 bridgehead atoms. The number of likely N-dealkylation sites (tertiary alicyclic amines) is 1. The zero-order valence-corrected chi connectivity index (χ0v) is 15.8. The first-order valence-electron chi connectivity index (χ1n) is 9.41. The number of hydrogen-bond donors (Lipinski definition) is 2. The van der Waals surface area contributed by atoms with Crippen LogP contribution in [0.5, 0.6) is 0 Å². The number of nitrogens with zero attached hydrogens (tertiary/aromatic N) is 2. The molecule has 0 radical (unpaired) electrons. The molecule has 7 nitrogen and oxygen atoms in total. The largest absolute Gasteiger partial charge is 0.366 e. The van der Waals surface area contributed by atoms with Crippen LogP contribution in [-0.4, -0.2) is 34.2 Å². The summed E-state index contributed by atoms with van der Waals surface area (Å²) in [7, 11) is 0. The molecule has 1 fully saturated rings. The zero-order valence-electron chi connectivity index (χ0n) is 15.8. The second-order valence-corrected chi connectivity index (χ2v) is 7.02. The lowest BCUT2D eigenvalue weighted by Gasteiger charge is -2.39. The van der Waals surface area contributed by atoms with Crippen LogP contribution in [-0.2, 0) is 9.59 Å². The van der Waals surface area contributed by atoms with Crippen LogP contribution in [0.15, 0.2) is 48.8 Å². The van der Waals surface area contributed by atoms with Crippen molar-refractivity contribution in [2.24, 2.45) is 11.7 Å². The lowest BCUT2D eigenvalue weighted by Crippen LogP contribution is -2.46. The van der Waals surface area contributed by atoms with Gasteiger partial charge in [-0.1, -0.05) is 43.7 Å². The van der Waals surface area contributed by atoms with Crippen LogP contribution >= 0.6 is 0 Å². The molecule has 2 aromatic rings. The summed E-state index contributed by atoms with van der Waals surface area (Å²) in [4.78, 5) is 42.4. The second-order valence-electron chi connectivity index (χ2n) is 7.02. The molecule has 7 heteroatoms. The predicted molar refractivity (Wildman–Crippen MR) is 105 cm³/mol. The van der Waals surface area contributed by atoms with E-state index in [2.05, 4.69) is 17.2 Å². The molecular formula is C21H24N4O3. The maximum absolute atomic E-state index is 13.0. The molecule has 1 aromatic heterocycles. The Morgan fingerprint density at radius 1 is 1.18 bits per heavy atom. The number of nitrogens with one attached hydrogen (secondary N) is 1. The molecule has 3 N–H and O–H groups in total. The van der Waals surface area contributed by atoms with E-state index in [4.69, 9.17) is 5.73 Å². The highest BCUT2D eigenvalue weighted by Crippen LogP contribution is 2.34. The summed E-state index contributed by atoms with van der Waals surface area (Å²) in [6.07, 6.45) is 5.48. The fourth-order valence-electron chi connectivity index (χ4n) is 3.58. The maximum atomic E-state index is 13.0. The van der Waals surface area contributed by atoms with Crippen molar-refractivity contribution in [1.29, 1.82) is 0 Å². The second kappa shape index (κ2) is 8.65. The number of benzene rings is 1. The van der Waals surface area contributed by atoms with E-state index < -0.39 is 17.7 Å². The van der Waals surface area contributed by atoms with Crippen LogP contribution in [0.2, 0.25) is 0 Å². The maximum Gasteiger partial charge on any atom is 0.313 e. The summed E-state index contributed by atoms with van der Waals surface area (Å²) in [5.41, 5.74) is 6.68. The van der Waals surface area contributed by atoms with Gasteiger partial charge in [0.2, 0.25) is 5.91 Å². The third-order valence-corrected chi connectivity index (χ3v) is 5.18. The first-order chi connectivity index (χ1) is 13.5. The Bertz CT molecular complexity index is 869. The number of carbonyl (C=O) groups is 3. The minimum Gasteiger partial charge on any atom is -0.366 e. The number of pyridine rings is 1. The van der Waals surface area contributed by atoms with Gasteiger partial charge in [0.15, 0.2) is 0 Å². The van der Waals surface area contributed by atoms with Gasteiger partial charge in [0, 0.05) is 12.7 Å². The van der Waals surface area contributed by atoms with Crippen LogP contribution < -0.4 is 11.1 Å². The molecule has 0 spiro atoms. The van der Waals surface area contributed by atoms with Crippen LogP contribution in [0.4, 0.5) is 5.69 Å². The smallest absolute Gasteiger partial charge is 0.313 e. The van der Waals surface area contributed by atoms with Crippen molar-refractivity contribution < 1.29 is 14.4 Å². The minimum atomic E-state index is -0.749. The molecule has 1 aliphatic rings. The highest BCUT2D eigenvalue weighted by Gasteiger charge is 2.34. The number of anilines is 1. The lowest BCUT2D eigenvalue weighted by molar-refractivity contribution is -0.146. The molecule has 2 heterocycles. The van der Waals surface area contributed by atoms with Crippen molar-refractivity contribution >= 4 is 23.4 Å². The van der Waals surface area contributed by atoms with Gasteiger partial charge < -0.3 is 16.0 Å². The molecular weight excluding hydrogens is 356 g/mol. The lowest BCUT2D eigenvalue weighted by atomic mass is 9.87. The van der Waals surface area contributed by atoms with E-state index >= 15 is 0 Å². The van der Waals surface area contributed by atoms with E-state index in [1.165, 1.54) is 18.5 Å². The van der Waals surface area contributed by atoms with Crippen molar-refractivity contribution in [2.75, 3.05) is 11.9 Å². The van der Waals surface area contributed by atoms with Gasteiger partial charge in [-0.25, -0.2) is 0 Å². The number of rotatable bonds is 4. The number of primary amides is 1. The van der Waals surface area contributed by atoms with Gasteiger partial charge in [-0.2, -0.15) is 0 Å². The van der Waals surface area contributed by atoms with E-state index in [0.29, 0.717) is 12.5 Å². The monoisotopic (exact) mass is 380 g/mol. The molecule has 1 aromatic carbocycles. The van der Waals surface area contributed by atoms with Gasteiger partial charge >= 0.3 is 11.8 Å². The molecule has 1 aliphatic heterocycles. The summed E-state index contributed by atoms with van der Waals surface area (Å²) in [6.45, 7) is 2.64. The summed E-state index contributed by atoms with van der Waals surface area (Å²) in [6, 6.07) is 11.0. The van der Waals surface area contributed by atoms with Crippen LogP contribution in [0.1, 0.15) is 48.1 Å². The highest BCUT2D eigenvalue weighted by atomic mass is 16.2. The Labute approximate surface area is 163 Å². The number of piperidine rings is 1. The Morgan fingerprint density at radius 2 is 1.93 bits per heavy atom. The summed E-state index contributed by atoms with van der Waals surface area (Å²) in [5, 5.41) is 2.54. The number of carbonyl (C=O) groups excluding carboxylic acids is 3. The van der Waals surface area contributed by atoms with Crippen molar-refractivity contribution in [3.63, 3.8) is 0 Å². The first kappa shape index (κ1) is 19.5. The molecule has 146 valence electrons. The average molecular weight is 380 g/mol. The van der Waals surface area contributed by atoms with E-state index in [9.17, 15) is 14.4 Å². The average Bonchev–Trinajstić information content (AvgIpc) is 2.73. The highest BCUT2D eigenvalue weighted by molar-refractivity contribution is 6.39. The fourth-order valence-corrected chi connectivity index (χ4v) is 3.58. The quantitative estimate of drug-likeness (QED) is 0.795. The Balaban J connectivity index is 1.79. The van der Waals surface area contributed by atoms with Gasteiger partial charge in [0.1, 0.15) is 0 Å². The Morgan fingerprint density at radius 3 is 2.61 bits per heavy atom. The van der Waals surface area contributed by atoms with E-state index in [1.54, 1.807) is 4.90 Å². The van der Waals surface area contributed by atoms with Crippen LogP contribution in [0, 0.1) is 5.92 Å². The summed E-state index contributed by atoms with van der Waals surface area (Å²) < 4.78 is 0. The third-order valence-electron chi connectivity index (χ3n) is 5.18. The standard InChI is InChI=1S/C21H24N4O3/c1-2-14-8-9-18(15-6-4-3-5-7-15)25(13-14)21(28)20(27)24-17-10-16(19(22)26)11-23-12-17/h3-7,10-12,14,18H,2,8-9,13H2,1H3,(H2,22,26)(H,24,27)/t14-,18?/m0/s1. The predicted octanol–water partition coefficient (Wildman–Crippen LogP) is 2.51. The number of nitrogens with two attached hydrogens (primary N) is 1. The molecule has 0 aliphatic carbocycles. The van der Waals surface area contributed by atoms with Crippen LogP contribution in [0.25, 0.3) is 0 Å². The third kappa shape index (κ3) is 4.36. The zero-order chi connectivity index (χ0) is 20.1. The molecule has 2 atom stereocenters. The van der Waals surface area contributed by atoms with E-state index in [1.807, 2.05) is 30.3 Å². The molecule has 3 rings (SSSR count). The summed E-state index contributed by atoms with van der Waals surface area (Å²) >= 11 is 0. The van der Waals surface area contributed by atoms with Crippen molar-refractivity contribution in [3.8, 4) is 0 Å². The van der Waals surface area contributed by atoms with Crippen LogP contribution in [0.3, 0.4) is 0 Å². The van der Waals surface area contributed by atoms with Gasteiger partial charge in [0.05, 0.1) is 23.5 Å². The van der Waals surface area contributed by atoms with Crippen molar-refractivity contribution in [3.05, 3.63) is 59.9 Å². The SMILES string of the molecule is CC[C@H]1CCC(c2ccccc2)N(C(=O)C(=O)Nc2cncc(C(N)=O)c2)C1. The van der Waals surface area contributed by atoms with Gasteiger partial charge in [-0.05, 0) is 30.4 Å². The molecule has 0 saturated carbocycles. The summed E-state index contributed by atoms with van der Waals surface area (Å²) in [5.74, 6) is -1.62. The number of amides is 3. The first-order valence-corrected chi connectivity index (χ1v) is 9.41. The Kier molecular flexibility index (Phi) is 6.03. The van der Waals surface area contributed by atoms with E-state index in [-0.39, 0.29) is 17.3 Å². The Hall–Kier alpha value is -3.22. The van der Waals surface area contributed by atoms with E-state index in [0.717, 1.165) is 24.8 Å². The number of hydrogen-bond acceptors (Lipinski definition) is 4. The van der Waals surface area contributed by atoms with Crippen molar-refractivity contribution in [1.82, 2.24) is 9.88 Å². The minimum absolute atomic E-state index is 0.127. The fraction of sp³-hybridized carbons (Fsp3) is 0.333. The van der Waals surface area contributed by atoms with Crippen molar-refractivity contribution in [2.45, 2.75) is 32.2 Å². The topological polar surface area (TPSA) is 105 Å². The van der Waals surface area contributed by atoms with Gasteiger partial charge in [-0.3, -0.25) is 19.4 Å². The molecule has 1 unspecified atom stereocenters. The van der Waals surface area contributed by atoms with Gasteiger partial charge in [0.25, 0.3) is 0 Å². The molecule has 3 amide bonds. The van der Waals surface area contributed by atoms with Gasteiger partial charge in [-0.15, -0.1) is 0 Å². The number of aromatic nitrogens is 1. The normalized spacial score (nSPS) is 19.1. The molecule has 28 heavy (non-hydrogen) atoms.